The van der Waals surface area contributed by atoms with Gasteiger partial charge in [-0.05, 0) is 24.5 Å². The van der Waals surface area contributed by atoms with Crippen molar-refractivity contribution in [2.24, 2.45) is 0 Å². The quantitative estimate of drug-likeness (QED) is 0.821. The van der Waals surface area contributed by atoms with Crippen LogP contribution in [0.4, 0.5) is 5.82 Å². The zero-order valence-electron chi connectivity index (χ0n) is 14.9. The molecule has 1 fully saturated rings. The fourth-order valence-electron chi connectivity index (χ4n) is 3.51. The number of benzene rings is 1. The zero-order valence-corrected chi connectivity index (χ0v) is 15.7. The monoisotopic (exact) mass is 359 g/mol. The summed E-state index contributed by atoms with van der Waals surface area (Å²) >= 11 is 0. The van der Waals surface area contributed by atoms with Gasteiger partial charge in [0, 0.05) is 25.7 Å². The van der Waals surface area contributed by atoms with Gasteiger partial charge in [-0.2, -0.15) is 0 Å². The third-order valence-corrected chi connectivity index (χ3v) is 8.02. The van der Waals surface area contributed by atoms with Crippen LogP contribution in [0.5, 0.6) is 0 Å². The molecule has 0 bridgehead atoms. The predicted octanol–water partition coefficient (Wildman–Crippen LogP) is 2.86. The highest BCUT2D eigenvalue weighted by molar-refractivity contribution is 7.92. The minimum absolute atomic E-state index is 0.187. The van der Waals surface area contributed by atoms with E-state index >= 15 is 0 Å². The maximum Gasteiger partial charge on any atom is 0.159 e. The van der Waals surface area contributed by atoms with Crippen LogP contribution in [0, 0.1) is 0 Å². The van der Waals surface area contributed by atoms with E-state index in [-0.39, 0.29) is 5.75 Å². The molecule has 5 nitrogen and oxygen atoms in total. The highest BCUT2D eigenvalue weighted by atomic mass is 32.2. The second-order valence-electron chi connectivity index (χ2n) is 6.62. The molecule has 6 heteroatoms. The Morgan fingerprint density at radius 1 is 1.12 bits per heavy atom. The van der Waals surface area contributed by atoms with Gasteiger partial charge in [0.05, 0.1) is 10.5 Å². The van der Waals surface area contributed by atoms with Crippen LogP contribution >= 0.6 is 0 Å². The summed E-state index contributed by atoms with van der Waals surface area (Å²) in [6.45, 7) is 4.92. The van der Waals surface area contributed by atoms with Crippen molar-refractivity contribution in [1.29, 1.82) is 0 Å². The predicted molar refractivity (Wildman–Crippen MR) is 101 cm³/mol. The van der Waals surface area contributed by atoms with Gasteiger partial charge in [0.2, 0.25) is 0 Å². The average molecular weight is 359 g/mol. The molecule has 3 rings (SSSR count). The summed E-state index contributed by atoms with van der Waals surface area (Å²) in [5.74, 6) is 1.77. The van der Waals surface area contributed by atoms with E-state index < -0.39 is 14.6 Å². The van der Waals surface area contributed by atoms with Gasteiger partial charge in [-0.25, -0.2) is 18.4 Å². The lowest BCUT2D eigenvalue weighted by Crippen LogP contribution is -2.56. The standard InChI is InChI=1S/C19H25N3O2S/c1-3-19(4-2)15-22(12-13-25(19,23)24)18-10-11-20-17(21-18)14-16-8-6-5-7-9-16/h5-11H,3-4,12-15H2,1-2H3. The lowest BCUT2D eigenvalue weighted by molar-refractivity contribution is 0.457. The van der Waals surface area contributed by atoms with E-state index in [1.807, 2.05) is 38.1 Å². The van der Waals surface area contributed by atoms with E-state index in [1.165, 1.54) is 0 Å². The molecule has 0 saturated carbocycles. The van der Waals surface area contributed by atoms with E-state index in [1.54, 1.807) is 6.20 Å². The minimum atomic E-state index is -3.07. The van der Waals surface area contributed by atoms with Crippen LogP contribution in [0.2, 0.25) is 0 Å². The molecule has 1 aliphatic heterocycles. The molecule has 0 N–H and O–H groups in total. The van der Waals surface area contributed by atoms with Crippen LogP contribution in [0.1, 0.15) is 38.1 Å². The molecular weight excluding hydrogens is 334 g/mol. The minimum Gasteiger partial charge on any atom is -0.354 e. The molecule has 25 heavy (non-hydrogen) atoms. The third kappa shape index (κ3) is 3.54. The molecule has 0 spiro atoms. The Morgan fingerprint density at radius 3 is 2.52 bits per heavy atom. The molecule has 0 unspecified atom stereocenters. The average Bonchev–Trinajstić information content (AvgIpc) is 2.63. The molecule has 1 aliphatic rings. The first-order valence-electron chi connectivity index (χ1n) is 8.83. The maximum atomic E-state index is 12.6. The van der Waals surface area contributed by atoms with Crippen LogP contribution in [-0.2, 0) is 16.3 Å². The van der Waals surface area contributed by atoms with Crippen LogP contribution in [0.15, 0.2) is 42.6 Å². The van der Waals surface area contributed by atoms with Gasteiger partial charge in [-0.1, -0.05) is 44.2 Å². The van der Waals surface area contributed by atoms with Crippen LogP contribution in [0.25, 0.3) is 0 Å². The summed E-state index contributed by atoms with van der Waals surface area (Å²) in [4.78, 5) is 11.2. The second-order valence-corrected chi connectivity index (χ2v) is 9.13. The van der Waals surface area contributed by atoms with Crippen molar-refractivity contribution in [3.63, 3.8) is 0 Å². The Bertz CT molecular complexity index is 818. The molecule has 134 valence electrons. The first kappa shape index (κ1) is 17.9. The second kappa shape index (κ2) is 7.12. The largest absolute Gasteiger partial charge is 0.354 e. The van der Waals surface area contributed by atoms with Gasteiger partial charge in [-0.3, -0.25) is 0 Å². The Kier molecular flexibility index (Phi) is 5.08. The van der Waals surface area contributed by atoms with Gasteiger partial charge in [0.25, 0.3) is 0 Å². The SMILES string of the molecule is CCC1(CC)CN(c2ccnc(Cc3ccccc3)n2)CCS1(=O)=O. The summed E-state index contributed by atoms with van der Waals surface area (Å²) in [7, 11) is -3.07. The van der Waals surface area contributed by atoms with Crippen LogP contribution < -0.4 is 4.90 Å². The summed E-state index contributed by atoms with van der Waals surface area (Å²) in [5.41, 5.74) is 1.16. The van der Waals surface area contributed by atoms with E-state index in [2.05, 4.69) is 22.0 Å². The number of anilines is 1. The van der Waals surface area contributed by atoms with Crippen LogP contribution in [0.3, 0.4) is 0 Å². The molecule has 0 atom stereocenters. The lowest BCUT2D eigenvalue weighted by atomic mass is 10.0. The fraction of sp³-hybridized carbons (Fsp3) is 0.474. The number of hydrogen-bond donors (Lipinski definition) is 0. The summed E-state index contributed by atoms with van der Waals surface area (Å²) < 4.78 is 24.5. The van der Waals surface area contributed by atoms with E-state index in [0.29, 0.717) is 32.4 Å². The zero-order chi connectivity index (χ0) is 17.9. The van der Waals surface area contributed by atoms with Crippen LogP contribution in [-0.4, -0.2) is 42.0 Å². The Morgan fingerprint density at radius 2 is 1.84 bits per heavy atom. The molecular formula is C19H25N3O2S. The van der Waals surface area contributed by atoms with E-state index in [4.69, 9.17) is 4.98 Å². The first-order chi connectivity index (χ1) is 12.0. The van der Waals surface area contributed by atoms with Gasteiger partial charge in [-0.15, -0.1) is 0 Å². The number of rotatable bonds is 5. The smallest absolute Gasteiger partial charge is 0.159 e. The maximum absolute atomic E-state index is 12.6. The summed E-state index contributed by atoms with van der Waals surface area (Å²) in [6, 6.07) is 12.0. The van der Waals surface area contributed by atoms with E-state index in [0.717, 1.165) is 17.2 Å². The van der Waals surface area contributed by atoms with Crippen molar-refractivity contribution >= 4 is 15.7 Å². The molecule has 0 radical (unpaired) electrons. The lowest BCUT2D eigenvalue weighted by Gasteiger charge is -2.41. The van der Waals surface area contributed by atoms with E-state index in [9.17, 15) is 8.42 Å². The van der Waals surface area contributed by atoms with Crippen molar-refractivity contribution in [1.82, 2.24) is 9.97 Å². The first-order valence-corrected chi connectivity index (χ1v) is 10.5. The highest BCUT2D eigenvalue weighted by Crippen LogP contribution is 2.33. The van der Waals surface area contributed by atoms with Gasteiger partial charge < -0.3 is 4.90 Å². The fourth-order valence-corrected chi connectivity index (χ4v) is 5.64. The third-order valence-electron chi connectivity index (χ3n) is 5.28. The molecule has 1 aromatic carbocycles. The van der Waals surface area contributed by atoms with Gasteiger partial charge in [0.1, 0.15) is 11.6 Å². The normalized spacial score (nSPS) is 18.9. The molecule has 2 heterocycles. The number of sulfone groups is 1. The summed E-state index contributed by atoms with van der Waals surface area (Å²) in [6.07, 6.45) is 3.70. The molecule has 2 aromatic rings. The van der Waals surface area contributed by atoms with Gasteiger partial charge >= 0.3 is 0 Å². The molecule has 1 saturated heterocycles. The topological polar surface area (TPSA) is 63.2 Å². The number of hydrogen-bond acceptors (Lipinski definition) is 5. The molecule has 0 amide bonds. The molecule has 1 aromatic heterocycles. The van der Waals surface area contributed by atoms with Crippen molar-refractivity contribution < 1.29 is 8.42 Å². The number of nitrogens with zero attached hydrogens (tertiary/aromatic N) is 3. The Labute approximate surface area is 150 Å². The molecule has 0 aliphatic carbocycles. The van der Waals surface area contributed by atoms with Crippen molar-refractivity contribution in [2.45, 2.75) is 37.9 Å². The Balaban J connectivity index is 1.84. The highest BCUT2D eigenvalue weighted by Gasteiger charge is 2.45. The van der Waals surface area contributed by atoms with Crippen molar-refractivity contribution in [2.75, 3.05) is 23.7 Å². The number of aromatic nitrogens is 2. The van der Waals surface area contributed by atoms with Crippen molar-refractivity contribution in [3.8, 4) is 0 Å². The van der Waals surface area contributed by atoms with Gasteiger partial charge in [0.15, 0.2) is 9.84 Å². The Hall–Kier alpha value is -1.95. The van der Waals surface area contributed by atoms with Crippen molar-refractivity contribution in [3.05, 3.63) is 54.0 Å². The summed E-state index contributed by atoms with van der Waals surface area (Å²) in [5, 5.41) is 0.